The van der Waals surface area contributed by atoms with Crippen molar-refractivity contribution in [3.05, 3.63) is 51.7 Å². The van der Waals surface area contributed by atoms with Crippen LogP contribution in [0.2, 0.25) is 5.02 Å². The molecule has 2 aromatic heterocycles. The molecule has 15 heavy (non-hydrogen) atoms. The first-order valence-electron chi connectivity index (χ1n) is 4.48. The molecule has 2 rings (SSSR count). The molecule has 76 valence electrons. The van der Waals surface area contributed by atoms with E-state index in [4.69, 9.17) is 11.6 Å². The van der Waals surface area contributed by atoms with Crippen LogP contribution in [0, 0.1) is 6.92 Å². The van der Waals surface area contributed by atoms with Crippen molar-refractivity contribution in [3.63, 3.8) is 0 Å². The number of halogens is 1. The van der Waals surface area contributed by atoms with Gasteiger partial charge in [0.25, 0.3) is 5.56 Å². The minimum Gasteiger partial charge on any atom is -0.325 e. The third-order valence-corrected chi connectivity index (χ3v) is 2.47. The molecule has 1 N–H and O–H groups in total. The number of hydrogen-bond acceptors (Lipinski definition) is 2. The zero-order chi connectivity index (χ0) is 10.8. The predicted octanol–water partition coefficient (Wildman–Crippen LogP) is 2.40. The van der Waals surface area contributed by atoms with Gasteiger partial charge in [0.1, 0.15) is 5.02 Å². The van der Waals surface area contributed by atoms with E-state index in [1.165, 1.54) is 0 Å². The fourth-order valence-corrected chi connectivity index (χ4v) is 1.59. The predicted molar refractivity (Wildman–Crippen MR) is 60.0 cm³/mol. The van der Waals surface area contributed by atoms with Crippen molar-refractivity contribution in [1.29, 1.82) is 0 Å². The first-order valence-corrected chi connectivity index (χ1v) is 4.86. The molecule has 0 saturated heterocycles. The van der Waals surface area contributed by atoms with E-state index in [0.29, 0.717) is 0 Å². The molecular weight excluding hydrogens is 212 g/mol. The number of H-pyrrole nitrogens is 1. The van der Waals surface area contributed by atoms with E-state index in [1.807, 2.05) is 19.1 Å². The largest absolute Gasteiger partial charge is 0.325 e. The molecule has 0 saturated carbocycles. The molecule has 0 aliphatic rings. The van der Waals surface area contributed by atoms with Crippen molar-refractivity contribution in [3.8, 4) is 11.1 Å². The third kappa shape index (κ3) is 1.92. The van der Waals surface area contributed by atoms with Crippen LogP contribution in [-0.4, -0.2) is 9.97 Å². The molecule has 0 spiro atoms. The van der Waals surface area contributed by atoms with Crippen LogP contribution in [0.25, 0.3) is 11.1 Å². The lowest BCUT2D eigenvalue weighted by Crippen LogP contribution is -2.08. The standard InChI is InChI=1S/C11H9ClN2O/c1-7-9(6-10(12)11(15)14-7)8-2-4-13-5-3-8/h2-6H,1H3,(H,14,15). The van der Waals surface area contributed by atoms with Crippen LogP contribution in [-0.2, 0) is 0 Å². The molecular formula is C11H9ClN2O. The summed E-state index contributed by atoms with van der Waals surface area (Å²) in [5.74, 6) is 0. The normalized spacial score (nSPS) is 10.3. The first-order chi connectivity index (χ1) is 7.18. The summed E-state index contributed by atoms with van der Waals surface area (Å²) in [6.07, 6.45) is 3.40. The van der Waals surface area contributed by atoms with Gasteiger partial charge < -0.3 is 4.98 Å². The molecule has 0 aliphatic carbocycles. The number of pyridine rings is 2. The molecule has 0 bridgehead atoms. The highest BCUT2D eigenvalue weighted by Gasteiger charge is 2.05. The lowest BCUT2D eigenvalue weighted by molar-refractivity contribution is 1.14. The van der Waals surface area contributed by atoms with Gasteiger partial charge in [0, 0.05) is 23.7 Å². The van der Waals surface area contributed by atoms with Gasteiger partial charge >= 0.3 is 0 Å². The molecule has 0 aliphatic heterocycles. The fraction of sp³-hybridized carbons (Fsp3) is 0.0909. The second kappa shape index (κ2) is 3.87. The van der Waals surface area contributed by atoms with Crippen LogP contribution < -0.4 is 5.56 Å². The summed E-state index contributed by atoms with van der Waals surface area (Å²) in [4.78, 5) is 17.9. The lowest BCUT2D eigenvalue weighted by atomic mass is 10.1. The van der Waals surface area contributed by atoms with Crippen molar-refractivity contribution < 1.29 is 0 Å². The first kappa shape index (κ1) is 9.93. The van der Waals surface area contributed by atoms with Gasteiger partial charge in [-0.1, -0.05) is 11.6 Å². The van der Waals surface area contributed by atoms with Gasteiger partial charge in [0.2, 0.25) is 0 Å². The van der Waals surface area contributed by atoms with Gasteiger partial charge in [0.05, 0.1) is 0 Å². The van der Waals surface area contributed by atoms with Crippen LogP contribution in [0.15, 0.2) is 35.4 Å². The fourth-order valence-electron chi connectivity index (χ4n) is 1.43. The number of aromatic nitrogens is 2. The Balaban J connectivity index is 2.64. The van der Waals surface area contributed by atoms with E-state index in [-0.39, 0.29) is 10.6 Å². The lowest BCUT2D eigenvalue weighted by Gasteiger charge is -2.05. The van der Waals surface area contributed by atoms with Gasteiger partial charge in [-0.05, 0) is 30.7 Å². The summed E-state index contributed by atoms with van der Waals surface area (Å²) in [5.41, 5.74) is 2.45. The van der Waals surface area contributed by atoms with E-state index in [2.05, 4.69) is 9.97 Å². The maximum atomic E-state index is 11.2. The highest BCUT2D eigenvalue weighted by atomic mass is 35.5. The Morgan fingerprint density at radius 3 is 2.67 bits per heavy atom. The summed E-state index contributed by atoms with van der Waals surface area (Å²) in [7, 11) is 0. The Kier molecular flexibility index (Phi) is 2.56. The average Bonchev–Trinajstić information content (AvgIpc) is 2.25. The molecule has 0 amide bonds. The zero-order valence-corrected chi connectivity index (χ0v) is 8.88. The molecule has 2 aromatic rings. The molecule has 0 fully saturated rings. The topological polar surface area (TPSA) is 45.8 Å². The Hall–Kier alpha value is -1.61. The Morgan fingerprint density at radius 1 is 1.33 bits per heavy atom. The van der Waals surface area contributed by atoms with Gasteiger partial charge in [0.15, 0.2) is 0 Å². The minimum atomic E-state index is -0.257. The quantitative estimate of drug-likeness (QED) is 0.802. The number of rotatable bonds is 1. The molecule has 3 nitrogen and oxygen atoms in total. The van der Waals surface area contributed by atoms with Crippen molar-refractivity contribution >= 4 is 11.6 Å². The molecule has 0 aromatic carbocycles. The van der Waals surface area contributed by atoms with Gasteiger partial charge in [-0.3, -0.25) is 9.78 Å². The highest BCUT2D eigenvalue weighted by Crippen LogP contribution is 2.22. The monoisotopic (exact) mass is 220 g/mol. The van der Waals surface area contributed by atoms with E-state index >= 15 is 0 Å². The Bertz CT molecular complexity index is 534. The second-order valence-electron chi connectivity index (χ2n) is 3.22. The van der Waals surface area contributed by atoms with E-state index in [1.54, 1.807) is 18.5 Å². The number of nitrogens with zero attached hydrogens (tertiary/aromatic N) is 1. The van der Waals surface area contributed by atoms with Crippen LogP contribution in [0.4, 0.5) is 0 Å². The molecule has 2 heterocycles. The van der Waals surface area contributed by atoms with Crippen LogP contribution >= 0.6 is 11.6 Å². The van der Waals surface area contributed by atoms with Crippen molar-refractivity contribution in [1.82, 2.24) is 9.97 Å². The summed E-state index contributed by atoms with van der Waals surface area (Å²) >= 11 is 5.78. The number of aromatic amines is 1. The van der Waals surface area contributed by atoms with E-state index < -0.39 is 0 Å². The Morgan fingerprint density at radius 2 is 2.00 bits per heavy atom. The molecule has 0 radical (unpaired) electrons. The maximum absolute atomic E-state index is 11.2. The number of nitrogens with one attached hydrogen (secondary N) is 1. The second-order valence-corrected chi connectivity index (χ2v) is 3.63. The van der Waals surface area contributed by atoms with Crippen LogP contribution in [0.1, 0.15) is 5.69 Å². The summed E-state index contributed by atoms with van der Waals surface area (Å²) in [6, 6.07) is 5.42. The Labute approximate surface area is 91.8 Å². The molecule has 0 unspecified atom stereocenters. The van der Waals surface area contributed by atoms with Crippen LogP contribution in [0.5, 0.6) is 0 Å². The van der Waals surface area contributed by atoms with E-state index in [9.17, 15) is 4.79 Å². The van der Waals surface area contributed by atoms with Gasteiger partial charge in [-0.15, -0.1) is 0 Å². The van der Waals surface area contributed by atoms with Crippen molar-refractivity contribution in [2.75, 3.05) is 0 Å². The summed E-state index contributed by atoms with van der Waals surface area (Å²) in [5, 5.41) is 0.201. The van der Waals surface area contributed by atoms with Gasteiger partial charge in [-0.25, -0.2) is 0 Å². The van der Waals surface area contributed by atoms with Crippen molar-refractivity contribution in [2.24, 2.45) is 0 Å². The third-order valence-electron chi connectivity index (χ3n) is 2.18. The minimum absolute atomic E-state index is 0.201. The molecule has 0 atom stereocenters. The van der Waals surface area contributed by atoms with Crippen LogP contribution in [0.3, 0.4) is 0 Å². The maximum Gasteiger partial charge on any atom is 0.266 e. The zero-order valence-electron chi connectivity index (χ0n) is 8.12. The van der Waals surface area contributed by atoms with E-state index in [0.717, 1.165) is 16.8 Å². The number of hydrogen-bond donors (Lipinski definition) is 1. The highest BCUT2D eigenvalue weighted by molar-refractivity contribution is 6.30. The smallest absolute Gasteiger partial charge is 0.266 e. The molecule has 4 heteroatoms. The number of aryl methyl sites for hydroxylation is 1. The SMILES string of the molecule is Cc1[nH]c(=O)c(Cl)cc1-c1ccncc1. The summed E-state index contributed by atoms with van der Waals surface area (Å²) < 4.78 is 0. The van der Waals surface area contributed by atoms with Crippen molar-refractivity contribution in [2.45, 2.75) is 6.92 Å². The van der Waals surface area contributed by atoms with Gasteiger partial charge in [-0.2, -0.15) is 0 Å². The summed E-state index contributed by atoms with van der Waals surface area (Å²) in [6.45, 7) is 1.84. The average molecular weight is 221 g/mol.